The molecule has 2 aromatic carbocycles. The minimum atomic E-state index is -0.321. The van der Waals surface area contributed by atoms with Gasteiger partial charge in [-0.1, -0.05) is 35.9 Å². The number of nitrogens with zero attached hydrogens (tertiary/aromatic N) is 1. The van der Waals surface area contributed by atoms with Crippen LogP contribution in [0.5, 0.6) is 0 Å². The maximum absolute atomic E-state index is 13.3. The molecule has 5 nitrogen and oxygen atoms in total. The van der Waals surface area contributed by atoms with Crippen LogP contribution in [0.25, 0.3) is 0 Å². The van der Waals surface area contributed by atoms with Gasteiger partial charge in [-0.2, -0.15) is 0 Å². The zero-order valence-electron chi connectivity index (χ0n) is 16.0. The maximum atomic E-state index is 13.3. The molecule has 0 aromatic heterocycles. The van der Waals surface area contributed by atoms with Gasteiger partial charge in [-0.15, -0.1) is 0 Å². The maximum Gasteiger partial charge on any atom is 0.255 e. The number of hydrogen-bond donors (Lipinski definition) is 1. The Balaban J connectivity index is 1.29. The van der Waals surface area contributed by atoms with Crippen LogP contribution in [0.15, 0.2) is 60.7 Å². The molecule has 4 aliphatic carbocycles. The van der Waals surface area contributed by atoms with Crippen LogP contribution in [-0.2, 0) is 9.59 Å². The smallest absolute Gasteiger partial charge is 0.255 e. The van der Waals surface area contributed by atoms with E-state index in [2.05, 4.69) is 17.5 Å². The van der Waals surface area contributed by atoms with Gasteiger partial charge in [0.15, 0.2) is 0 Å². The van der Waals surface area contributed by atoms with Crippen molar-refractivity contribution >= 4 is 40.7 Å². The Morgan fingerprint density at radius 1 is 0.933 bits per heavy atom. The van der Waals surface area contributed by atoms with Crippen LogP contribution < -0.4 is 10.2 Å². The lowest BCUT2D eigenvalue weighted by atomic mass is 9.63. The van der Waals surface area contributed by atoms with E-state index >= 15 is 0 Å². The van der Waals surface area contributed by atoms with Crippen LogP contribution in [0.3, 0.4) is 0 Å². The van der Waals surface area contributed by atoms with Gasteiger partial charge in [-0.3, -0.25) is 14.4 Å². The molecule has 0 unspecified atom stereocenters. The lowest BCUT2D eigenvalue weighted by Crippen LogP contribution is -2.40. The molecule has 2 saturated carbocycles. The van der Waals surface area contributed by atoms with Crippen molar-refractivity contribution in [2.45, 2.75) is 6.42 Å². The van der Waals surface area contributed by atoms with Crippen molar-refractivity contribution in [2.24, 2.45) is 35.5 Å². The Kier molecular flexibility index (Phi) is 3.75. The number of amides is 3. The third kappa shape index (κ3) is 2.51. The normalized spacial score (nSPS) is 32.8. The van der Waals surface area contributed by atoms with Gasteiger partial charge in [0, 0.05) is 16.3 Å². The number of allylic oxidation sites excluding steroid dienone is 2. The summed E-state index contributed by atoms with van der Waals surface area (Å²) in [5, 5.41) is 3.33. The first-order valence-electron chi connectivity index (χ1n) is 10.3. The molecule has 1 saturated heterocycles. The molecule has 30 heavy (non-hydrogen) atoms. The van der Waals surface area contributed by atoms with Gasteiger partial charge in [0.05, 0.1) is 17.5 Å². The molecule has 1 aliphatic heterocycles. The highest BCUT2D eigenvalue weighted by atomic mass is 35.5. The molecule has 2 bridgehead atoms. The summed E-state index contributed by atoms with van der Waals surface area (Å²) in [5.74, 6) is 0.422. The molecule has 5 aliphatic rings. The van der Waals surface area contributed by atoms with Gasteiger partial charge in [-0.25, -0.2) is 4.90 Å². The first-order chi connectivity index (χ1) is 14.5. The Hall–Kier alpha value is -2.92. The van der Waals surface area contributed by atoms with Crippen molar-refractivity contribution in [2.75, 3.05) is 10.2 Å². The average Bonchev–Trinajstić information content (AvgIpc) is 3.52. The minimum Gasteiger partial charge on any atom is -0.322 e. The van der Waals surface area contributed by atoms with Crippen LogP contribution in [-0.4, -0.2) is 17.7 Å². The van der Waals surface area contributed by atoms with Crippen LogP contribution >= 0.6 is 11.6 Å². The first-order valence-corrected chi connectivity index (χ1v) is 10.6. The lowest BCUT2D eigenvalue weighted by Gasteiger charge is -2.37. The molecule has 150 valence electrons. The average molecular weight is 419 g/mol. The topological polar surface area (TPSA) is 66.5 Å². The second-order valence-electron chi connectivity index (χ2n) is 8.68. The molecule has 7 rings (SSSR count). The van der Waals surface area contributed by atoms with E-state index in [1.54, 1.807) is 48.5 Å². The van der Waals surface area contributed by atoms with Crippen molar-refractivity contribution < 1.29 is 14.4 Å². The van der Waals surface area contributed by atoms with E-state index in [-0.39, 0.29) is 41.4 Å². The Bertz CT molecular complexity index is 1110. The van der Waals surface area contributed by atoms with Crippen molar-refractivity contribution in [3.8, 4) is 0 Å². The van der Waals surface area contributed by atoms with Crippen LogP contribution in [0.1, 0.15) is 16.8 Å². The number of carbonyl (C=O) groups excluding carboxylic acids is 3. The highest BCUT2D eigenvalue weighted by molar-refractivity contribution is 6.31. The first kappa shape index (κ1) is 17.9. The van der Waals surface area contributed by atoms with E-state index in [0.717, 1.165) is 6.42 Å². The molecule has 3 amide bonds. The molecule has 1 heterocycles. The second kappa shape index (κ2) is 6.29. The summed E-state index contributed by atoms with van der Waals surface area (Å²) < 4.78 is 0. The van der Waals surface area contributed by atoms with Gasteiger partial charge in [0.25, 0.3) is 5.91 Å². The van der Waals surface area contributed by atoms with E-state index in [4.69, 9.17) is 11.6 Å². The summed E-state index contributed by atoms with van der Waals surface area (Å²) in [5.41, 5.74) is 1.43. The third-order valence-corrected chi connectivity index (χ3v) is 7.35. The van der Waals surface area contributed by atoms with E-state index < -0.39 is 0 Å². The van der Waals surface area contributed by atoms with Crippen LogP contribution in [0.2, 0.25) is 5.02 Å². The van der Waals surface area contributed by atoms with Gasteiger partial charge >= 0.3 is 0 Å². The third-order valence-electron chi connectivity index (χ3n) is 7.11. The van der Waals surface area contributed by atoms with E-state index in [0.29, 0.717) is 33.8 Å². The Morgan fingerprint density at radius 2 is 1.60 bits per heavy atom. The number of hydrogen-bond acceptors (Lipinski definition) is 3. The summed E-state index contributed by atoms with van der Waals surface area (Å²) in [6.07, 6.45) is 5.45. The number of carbonyl (C=O) groups is 3. The van der Waals surface area contributed by atoms with Crippen molar-refractivity contribution in [3.63, 3.8) is 0 Å². The number of imide groups is 1. The Labute approximate surface area is 178 Å². The van der Waals surface area contributed by atoms with E-state index in [1.165, 1.54) is 4.90 Å². The molecular formula is C24H19ClN2O3. The number of benzene rings is 2. The quantitative estimate of drug-likeness (QED) is 0.601. The highest BCUT2D eigenvalue weighted by Crippen LogP contribution is 2.65. The van der Waals surface area contributed by atoms with Crippen molar-refractivity contribution in [1.82, 2.24) is 0 Å². The molecule has 3 fully saturated rings. The predicted molar refractivity (Wildman–Crippen MR) is 113 cm³/mol. The molecule has 2 aromatic rings. The number of halogens is 1. The van der Waals surface area contributed by atoms with Gasteiger partial charge < -0.3 is 5.32 Å². The predicted octanol–water partition coefficient (Wildman–Crippen LogP) is 4.15. The summed E-state index contributed by atoms with van der Waals surface area (Å²) in [7, 11) is 0. The van der Waals surface area contributed by atoms with E-state index in [9.17, 15) is 14.4 Å². The lowest BCUT2D eigenvalue weighted by molar-refractivity contribution is -0.124. The molecule has 6 heteroatoms. The summed E-state index contributed by atoms with van der Waals surface area (Å²) in [6, 6.07) is 13.6. The monoisotopic (exact) mass is 418 g/mol. The van der Waals surface area contributed by atoms with Crippen molar-refractivity contribution in [1.29, 1.82) is 0 Å². The Morgan fingerprint density at radius 3 is 2.27 bits per heavy atom. The van der Waals surface area contributed by atoms with Gasteiger partial charge in [0.1, 0.15) is 0 Å². The highest BCUT2D eigenvalue weighted by Gasteiger charge is 2.67. The van der Waals surface area contributed by atoms with Crippen LogP contribution in [0, 0.1) is 35.5 Å². The standard InChI is InChI=1S/C24H19ClN2O3/c25-13-4-2-5-14(10-13)26-22(28)12-3-1-6-15(9-12)27-23(29)20-16-7-8-17(19-11-18(16)19)21(20)24(27)30/h1-10,16-21H,11H2,(H,26,28)/t16-,17-,18-,19-,20-,21+/m1/s1. The fourth-order valence-electron chi connectivity index (χ4n) is 5.77. The van der Waals surface area contributed by atoms with Crippen LogP contribution in [0.4, 0.5) is 11.4 Å². The molecule has 6 atom stereocenters. The summed E-state index contributed by atoms with van der Waals surface area (Å²) in [6.45, 7) is 0. The van der Waals surface area contributed by atoms with Gasteiger partial charge in [0.2, 0.25) is 11.8 Å². The molecular weight excluding hydrogens is 400 g/mol. The molecule has 0 radical (unpaired) electrons. The fourth-order valence-corrected chi connectivity index (χ4v) is 5.96. The fraction of sp³-hybridized carbons (Fsp3) is 0.292. The SMILES string of the molecule is O=C(Nc1cccc(Cl)c1)c1cccc(N2C(=O)[C@@H]3[C@@H]4C=C[C@H]([C@H]5C[C@H]45)[C@@H]3C2=O)c1. The van der Waals surface area contributed by atoms with Crippen molar-refractivity contribution in [3.05, 3.63) is 71.3 Å². The zero-order valence-corrected chi connectivity index (χ0v) is 16.8. The number of anilines is 2. The van der Waals surface area contributed by atoms with Gasteiger partial charge in [-0.05, 0) is 66.5 Å². The summed E-state index contributed by atoms with van der Waals surface area (Å²) in [4.78, 5) is 40.6. The second-order valence-corrected chi connectivity index (χ2v) is 9.12. The molecule has 1 N–H and O–H groups in total. The summed E-state index contributed by atoms with van der Waals surface area (Å²) >= 11 is 5.98. The largest absolute Gasteiger partial charge is 0.322 e. The number of nitrogens with one attached hydrogen (secondary N) is 1. The number of rotatable bonds is 3. The zero-order chi connectivity index (χ0) is 20.6. The molecule has 0 spiro atoms. The minimum absolute atomic E-state index is 0.123. The van der Waals surface area contributed by atoms with E-state index in [1.807, 2.05) is 0 Å².